The van der Waals surface area contributed by atoms with Crippen LogP contribution in [0, 0.1) is 11.8 Å². The third-order valence-corrected chi connectivity index (χ3v) is 1.98. The molecule has 0 saturated heterocycles. The zero-order valence-corrected chi connectivity index (χ0v) is 8.32. The van der Waals surface area contributed by atoms with Crippen molar-refractivity contribution in [1.82, 2.24) is 0 Å². The minimum absolute atomic E-state index is 0.0719. The number of hydrogen-bond donors (Lipinski definition) is 2. The van der Waals surface area contributed by atoms with Crippen molar-refractivity contribution in [1.29, 1.82) is 0 Å². The first kappa shape index (κ1) is 12.4. The van der Waals surface area contributed by atoms with Gasteiger partial charge in [-0.2, -0.15) is 0 Å². The van der Waals surface area contributed by atoms with Crippen LogP contribution in [0.15, 0.2) is 0 Å². The molecule has 0 rings (SSSR count). The van der Waals surface area contributed by atoms with Gasteiger partial charge in [0, 0.05) is 20.1 Å². The van der Waals surface area contributed by atoms with Crippen molar-refractivity contribution in [2.24, 2.45) is 17.6 Å². The van der Waals surface area contributed by atoms with Crippen LogP contribution < -0.4 is 5.73 Å². The monoisotopic (exact) mass is 189 g/mol. The Bertz CT molecular complexity index is 150. The number of aliphatic carboxylic acids is 1. The van der Waals surface area contributed by atoms with E-state index >= 15 is 0 Å². The van der Waals surface area contributed by atoms with Crippen molar-refractivity contribution in [3.63, 3.8) is 0 Å². The molecule has 0 aromatic heterocycles. The van der Waals surface area contributed by atoms with Gasteiger partial charge < -0.3 is 15.6 Å². The summed E-state index contributed by atoms with van der Waals surface area (Å²) in [6, 6.07) is 0. The van der Waals surface area contributed by atoms with Crippen molar-refractivity contribution in [2.45, 2.75) is 19.8 Å². The van der Waals surface area contributed by atoms with Gasteiger partial charge in [-0.15, -0.1) is 0 Å². The SMILES string of the molecule is COC[C@@H](C)C[C@H](CN)CC(=O)O. The third kappa shape index (κ3) is 6.54. The highest BCUT2D eigenvalue weighted by Crippen LogP contribution is 2.14. The van der Waals surface area contributed by atoms with Crippen molar-refractivity contribution in [3.05, 3.63) is 0 Å². The first-order valence-electron chi connectivity index (χ1n) is 4.51. The molecule has 0 aromatic rings. The zero-order chi connectivity index (χ0) is 10.3. The van der Waals surface area contributed by atoms with Gasteiger partial charge in [0.05, 0.1) is 0 Å². The predicted molar refractivity (Wildman–Crippen MR) is 50.5 cm³/mol. The Labute approximate surface area is 79.1 Å². The summed E-state index contributed by atoms with van der Waals surface area (Å²) in [4.78, 5) is 10.4. The number of nitrogens with two attached hydrogens (primary N) is 1. The zero-order valence-electron chi connectivity index (χ0n) is 8.32. The van der Waals surface area contributed by atoms with Crippen molar-refractivity contribution in [3.8, 4) is 0 Å². The quantitative estimate of drug-likeness (QED) is 0.618. The molecule has 0 aliphatic heterocycles. The van der Waals surface area contributed by atoms with E-state index in [2.05, 4.69) is 0 Å². The highest BCUT2D eigenvalue weighted by Gasteiger charge is 2.14. The maximum Gasteiger partial charge on any atom is 0.303 e. The fraction of sp³-hybridized carbons (Fsp3) is 0.889. The normalized spacial score (nSPS) is 15.3. The molecule has 0 amide bonds. The Hall–Kier alpha value is -0.610. The van der Waals surface area contributed by atoms with Gasteiger partial charge in [0.2, 0.25) is 0 Å². The Balaban J connectivity index is 3.75. The lowest BCUT2D eigenvalue weighted by Gasteiger charge is -2.16. The highest BCUT2D eigenvalue weighted by molar-refractivity contribution is 5.67. The van der Waals surface area contributed by atoms with E-state index < -0.39 is 5.97 Å². The molecule has 0 saturated carbocycles. The molecule has 0 aliphatic carbocycles. The summed E-state index contributed by atoms with van der Waals surface area (Å²) in [7, 11) is 1.64. The van der Waals surface area contributed by atoms with E-state index in [9.17, 15) is 4.79 Å². The van der Waals surface area contributed by atoms with Crippen LogP contribution in [0.25, 0.3) is 0 Å². The summed E-state index contributed by atoms with van der Waals surface area (Å²) in [5, 5.41) is 8.57. The fourth-order valence-corrected chi connectivity index (χ4v) is 1.43. The summed E-state index contributed by atoms with van der Waals surface area (Å²) in [6.45, 7) is 3.13. The molecule has 0 spiro atoms. The molecule has 0 bridgehead atoms. The summed E-state index contributed by atoms with van der Waals surface area (Å²) in [6.07, 6.45) is 0.973. The largest absolute Gasteiger partial charge is 0.481 e. The van der Waals surface area contributed by atoms with Gasteiger partial charge in [-0.25, -0.2) is 0 Å². The van der Waals surface area contributed by atoms with Crippen LogP contribution in [0.3, 0.4) is 0 Å². The molecule has 0 aliphatic rings. The van der Waals surface area contributed by atoms with Gasteiger partial charge in [-0.05, 0) is 24.8 Å². The Kier molecular flexibility index (Phi) is 6.54. The number of rotatable bonds is 7. The minimum Gasteiger partial charge on any atom is -0.481 e. The topological polar surface area (TPSA) is 72.5 Å². The average Bonchev–Trinajstić information content (AvgIpc) is 2.02. The van der Waals surface area contributed by atoms with E-state index in [-0.39, 0.29) is 12.3 Å². The Morgan fingerprint density at radius 1 is 1.62 bits per heavy atom. The summed E-state index contributed by atoms with van der Waals surface area (Å²) >= 11 is 0. The number of carboxylic acid groups (broad SMARTS) is 1. The molecular formula is C9H19NO3. The number of ether oxygens (including phenoxy) is 1. The fourth-order valence-electron chi connectivity index (χ4n) is 1.43. The molecule has 0 heterocycles. The van der Waals surface area contributed by atoms with E-state index in [1.807, 2.05) is 6.92 Å². The van der Waals surface area contributed by atoms with Crippen LogP contribution in [0.1, 0.15) is 19.8 Å². The number of carbonyl (C=O) groups is 1. The maximum atomic E-state index is 10.4. The molecule has 0 aromatic carbocycles. The lowest BCUT2D eigenvalue weighted by Crippen LogP contribution is -2.21. The molecule has 13 heavy (non-hydrogen) atoms. The van der Waals surface area contributed by atoms with Gasteiger partial charge in [-0.3, -0.25) is 4.79 Å². The van der Waals surface area contributed by atoms with Crippen molar-refractivity contribution in [2.75, 3.05) is 20.3 Å². The first-order valence-corrected chi connectivity index (χ1v) is 4.51. The van der Waals surface area contributed by atoms with E-state index in [4.69, 9.17) is 15.6 Å². The van der Waals surface area contributed by atoms with Crippen LogP contribution >= 0.6 is 0 Å². The molecule has 4 nitrogen and oxygen atoms in total. The number of hydrogen-bond acceptors (Lipinski definition) is 3. The van der Waals surface area contributed by atoms with Gasteiger partial charge in [0.15, 0.2) is 0 Å². The molecule has 0 unspecified atom stereocenters. The van der Waals surface area contributed by atoms with Gasteiger partial charge in [-0.1, -0.05) is 6.92 Å². The number of carboxylic acids is 1. The Morgan fingerprint density at radius 3 is 2.62 bits per heavy atom. The number of methoxy groups -OCH3 is 1. The Morgan fingerprint density at radius 2 is 2.23 bits per heavy atom. The predicted octanol–water partition coefficient (Wildman–Crippen LogP) is 0.709. The maximum absolute atomic E-state index is 10.4. The molecular weight excluding hydrogens is 170 g/mol. The van der Waals surface area contributed by atoms with Gasteiger partial charge >= 0.3 is 5.97 Å². The van der Waals surface area contributed by atoms with E-state index in [0.717, 1.165) is 6.42 Å². The van der Waals surface area contributed by atoms with Gasteiger partial charge in [0.25, 0.3) is 0 Å². The molecule has 4 heteroatoms. The average molecular weight is 189 g/mol. The minimum atomic E-state index is -0.778. The lowest BCUT2D eigenvalue weighted by atomic mass is 9.94. The van der Waals surface area contributed by atoms with E-state index in [0.29, 0.717) is 19.1 Å². The van der Waals surface area contributed by atoms with E-state index in [1.165, 1.54) is 0 Å². The van der Waals surface area contributed by atoms with E-state index in [1.54, 1.807) is 7.11 Å². The third-order valence-electron chi connectivity index (χ3n) is 1.98. The van der Waals surface area contributed by atoms with Crippen LogP contribution in [0.4, 0.5) is 0 Å². The van der Waals surface area contributed by atoms with Crippen LogP contribution in [0.2, 0.25) is 0 Å². The van der Waals surface area contributed by atoms with Crippen molar-refractivity contribution < 1.29 is 14.6 Å². The van der Waals surface area contributed by atoms with Crippen LogP contribution in [-0.2, 0) is 9.53 Å². The standard InChI is InChI=1S/C9H19NO3/c1-7(6-13-2)3-8(5-10)4-9(11)12/h7-8H,3-6,10H2,1-2H3,(H,11,12)/t7-,8-/m0/s1. The van der Waals surface area contributed by atoms with Crippen molar-refractivity contribution >= 4 is 5.97 Å². The van der Waals surface area contributed by atoms with Gasteiger partial charge in [0.1, 0.15) is 0 Å². The smallest absolute Gasteiger partial charge is 0.303 e. The summed E-state index contributed by atoms with van der Waals surface area (Å²) in [5.74, 6) is -0.333. The molecule has 2 atom stereocenters. The first-order chi connectivity index (χ1) is 6.10. The second-order valence-corrected chi connectivity index (χ2v) is 3.50. The molecule has 78 valence electrons. The summed E-state index contributed by atoms with van der Waals surface area (Å²) < 4.78 is 4.97. The lowest BCUT2D eigenvalue weighted by molar-refractivity contribution is -0.138. The summed E-state index contributed by atoms with van der Waals surface area (Å²) in [5.41, 5.74) is 5.46. The molecule has 0 fully saturated rings. The second kappa shape index (κ2) is 6.86. The second-order valence-electron chi connectivity index (χ2n) is 3.50. The highest BCUT2D eigenvalue weighted by atomic mass is 16.5. The van der Waals surface area contributed by atoms with Crippen LogP contribution in [-0.4, -0.2) is 31.3 Å². The van der Waals surface area contributed by atoms with Crippen LogP contribution in [0.5, 0.6) is 0 Å². The molecule has 3 N–H and O–H groups in total. The molecule has 0 radical (unpaired) electrons.